The molecule has 0 radical (unpaired) electrons. The van der Waals surface area contributed by atoms with Crippen LogP contribution in [0, 0.1) is 0 Å². The number of unbranched alkanes of at least 4 members (excludes halogenated alkanes) is 20. The van der Waals surface area contributed by atoms with Crippen LogP contribution in [0.2, 0.25) is 0 Å². The topological polar surface area (TPSA) is 175 Å². The summed E-state index contributed by atoms with van der Waals surface area (Å²) in [5.74, 6) is -1.26. The number of nitrogens with one attached hydrogen (secondary N) is 1. The van der Waals surface area contributed by atoms with Crippen molar-refractivity contribution < 1.29 is 49.3 Å². The number of allylic oxidation sites excluding steroid dienone is 23. The molecule has 1 aliphatic rings. The molecule has 1 heterocycles. The Morgan fingerprint density at radius 2 is 0.951 bits per heavy atom. The van der Waals surface area contributed by atoms with Gasteiger partial charge in [-0.25, -0.2) is 0 Å². The first-order chi connectivity index (χ1) is 39.7. The summed E-state index contributed by atoms with van der Waals surface area (Å²) in [7, 11) is 0. The van der Waals surface area contributed by atoms with E-state index in [9.17, 15) is 35.1 Å². The van der Waals surface area contributed by atoms with Gasteiger partial charge in [-0.15, -0.1) is 0 Å². The second kappa shape index (κ2) is 56.0. The molecule has 0 spiro atoms. The summed E-state index contributed by atoms with van der Waals surface area (Å²) in [5, 5.41) is 57.0. The van der Waals surface area contributed by atoms with E-state index in [1.807, 2.05) is 66.8 Å². The molecule has 11 nitrogen and oxygen atoms in total. The van der Waals surface area contributed by atoms with Crippen molar-refractivity contribution >= 4 is 11.9 Å². The Hall–Kier alpha value is -4.46. The Morgan fingerprint density at radius 1 is 0.506 bits per heavy atom. The van der Waals surface area contributed by atoms with Crippen molar-refractivity contribution in [2.75, 3.05) is 13.2 Å². The molecule has 1 fully saturated rings. The van der Waals surface area contributed by atoms with Crippen molar-refractivity contribution in [2.45, 2.75) is 269 Å². The molecule has 0 bridgehead atoms. The molecule has 81 heavy (non-hydrogen) atoms. The van der Waals surface area contributed by atoms with E-state index >= 15 is 0 Å². The highest BCUT2D eigenvalue weighted by molar-refractivity contribution is 5.80. The lowest BCUT2D eigenvalue weighted by Crippen LogP contribution is -2.61. The van der Waals surface area contributed by atoms with Gasteiger partial charge in [-0.2, -0.15) is 0 Å². The third-order valence-electron chi connectivity index (χ3n) is 13.9. The predicted octanol–water partition coefficient (Wildman–Crippen LogP) is 15.4. The van der Waals surface area contributed by atoms with Gasteiger partial charge in [0.1, 0.15) is 24.4 Å². The minimum atomic E-state index is -1.64. The molecule has 1 rings (SSSR count). The van der Waals surface area contributed by atoms with E-state index in [0.717, 1.165) is 116 Å². The summed E-state index contributed by atoms with van der Waals surface area (Å²) < 4.78 is 17.6. The lowest BCUT2D eigenvalue weighted by Gasteiger charge is -2.41. The van der Waals surface area contributed by atoms with E-state index in [1.165, 1.54) is 57.8 Å². The monoisotopic (exact) mass is 1130 g/mol. The standard InChI is InChI=1S/C70H113NO10/c1-4-7-10-13-16-19-22-24-26-28-29-30-31-32-33-34-36-37-39-42-45-48-51-54-57-63(74)69(78)71-61(62(73)56-53-50-47-44-41-21-18-15-12-9-6-3)60-79-70-68(67(77)66(76)64(59-72)80-70)81-65(75)58-55-52-49-46-43-40-38-35-27-25-23-20-17-14-11-8-5-2/h7-8,10-11,14,16-17,19-20,23-27,29-30,32-33,35,38,40,43,53,56,61-64,66-68,70,72-74,76-77H,4-6,9,12-13,15,18,21-22,28,31,34,36-37,39,41-42,44-52,54-55,57-60H2,1-3H3,(H,71,78)/b10-7-,11-8-,17-14+,19-16-,23-20+,26-24-,27-25-,30-29-,33-32-,38-35+,43-40+,56-53+. The number of hydrogen-bond acceptors (Lipinski definition) is 10. The van der Waals surface area contributed by atoms with Crippen LogP contribution in [0.3, 0.4) is 0 Å². The Bertz CT molecular complexity index is 1870. The SMILES string of the molecule is CC\C=C/C=C/C=C/C=C\C=C\C=C\CCCCCC(=O)OC1C(OCC(NC(=O)C(O)CCCCCCCCCC/C=C\C/C=C\C/C=C\C/C=C\C/C=C\CC)C(O)/C=C/CCCCCCCCCCC)OC(CO)C(O)C1O. The van der Waals surface area contributed by atoms with Crippen LogP contribution in [0.25, 0.3) is 0 Å². The molecule has 1 saturated heterocycles. The van der Waals surface area contributed by atoms with E-state index in [4.69, 9.17) is 14.2 Å². The summed E-state index contributed by atoms with van der Waals surface area (Å²) in [6.45, 7) is 5.48. The Balaban J connectivity index is 2.67. The quantitative estimate of drug-likeness (QED) is 0.0149. The average Bonchev–Trinajstić information content (AvgIpc) is 3.52. The Kier molecular flexibility index (Phi) is 51.6. The number of carbonyl (C=O) groups is 2. The van der Waals surface area contributed by atoms with Crippen LogP contribution in [-0.4, -0.2) is 99.6 Å². The van der Waals surface area contributed by atoms with Gasteiger partial charge >= 0.3 is 5.97 Å². The van der Waals surface area contributed by atoms with E-state index < -0.39 is 67.4 Å². The van der Waals surface area contributed by atoms with Crippen LogP contribution in [0.15, 0.2) is 146 Å². The van der Waals surface area contributed by atoms with Crippen LogP contribution >= 0.6 is 0 Å². The summed E-state index contributed by atoms with van der Waals surface area (Å²) in [5.41, 5.74) is 0. The molecule has 0 saturated carbocycles. The maximum absolute atomic E-state index is 13.4. The first-order valence-corrected chi connectivity index (χ1v) is 31.7. The molecule has 0 aromatic carbocycles. The van der Waals surface area contributed by atoms with Gasteiger partial charge in [0.2, 0.25) is 5.91 Å². The summed E-state index contributed by atoms with van der Waals surface area (Å²) in [6, 6.07) is -1.05. The predicted molar refractivity (Wildman–Crippen MR) is 337 cm³/mol. The van der Waals surface area contributed by atoms with Gasteiger partial charge in [-0.05, 0) is 89.9 Å². The number of ether oxygens (including phenoxy) is 3. The van der Waals surface area contributed by atoms with Crippen molar-refractivity contribution in [3.05, 3.63) is 146 Å². The van der Waals surface area contributed by atoms with Crippen molar-refractivity contribution in [3.8, 4) is 0 Å². The Labute approximate surface area is 492 Å². The minimum Gasteiger partial charge on any atom is -0.454 e. The highest BCUT2D eigenvalue weighted by Gasteiger charge is 2.47. The maximum atomic E-state index is 13.4. The van der Waals surface area contributed by atoms with Crippen LogP contribution in [0.1, 0.15) is 220 Å². The lowest BCUT2D eigenvalue weighted by atomic mass is 9.99. The first-order valence-electron chi connectivity index (χ1n) is 31.7. The molecule has 0 aromatic rings. The normalized spacial score (nSPS) is 19.7. The average molecular weight is 1130 g/mol. The highest BCUT2D eigenvalue weighted by Crippen LogP contribution is 2.26. The van der Waals surface area contributed by atoms with Crippen molar-refractivity contribution in [2.24, 2.45) is 0 Å². The van der Waals surface area contributed by atoms with Gasteiger partial charge in [-0.3, -0.25) is 9.59 Å². The van der Waals surface area contributed by atoms with E-state index in [2.05, 4.69) is 99.0 Å². The van der Waals surface area contributed by atoms with Crippen LogP contribution in [0.5, 0.6) is 0 Å². The summed E-state index contributed by atoms with van der Waals surface area (Å²) >= 11 is 0. The molecule has 8 atom stereocenters. The van der Waals surface area contributed by atoms with Crippen molar-refractivity contribution in [3.63, 3.8) is 0 Å². The third kappa shape index (κ3) is 43.8. The van der Waals surface area contributed by atoms with Gasteiger partial charge in [0, 0.05) is 6.42 Å². The van der Waals surface area contributed by atoms with E-state index in [0.29, 0.717) is 12.8 Å². The zero-order valence-electron chi connectivity index (χ0n) is 50.6. The number of amides is 1. The van der Waals surface area contributed by atoms with Gasteiger partial charge in [0.15, 0.2) is 12.4 Å². The first kappa shape index (κ1) is 74.6. The molecule has 11 heteroatoms. The zero-order valence-corrected chi connectivity index (χ0v) is 50.6. The number of rotatable bonds is 51. The molecule has 1 aliphatic heterocycles. The highest BCUT2D eigenvalue weighted by atomic mass is 16.7. The van der Waals surface area contributed by atoms with Crippen molar-refractivity contribution in [1.82, 2.24) is 5.32 Å². The number of aliphatic hydroxyl groups is 5. The number of carbonyl (C=O) groups excluding carboxylic acids is 2. The van der Waals surface area contributed by atoms with Crippen LogP contribution < -0.4 is 5.32 Å². The molecular weight excluding hydrogens is 1010 g/mol. The maximum Gasteiger partial charge on any atom is 0.306 e. The fourth-order valence-corrected chi connectivity index (χ4v) is 8.94. The number of aliphatic hydroxyl groups excluding tert-OH is 5. The molecule has 458 valence electrons. The summed E-state index contributed by atoms with van der Waals surface area (Å²) in [6.07, 6.45) is 70.2. The fraction of sp³-hybridized carbons (Fsp3) is 0.629. The van der Waals surface area contributed by atoms with Crippen molar-refractivity contribution in [1.29, 1.82) is 0 Å². The zero-order chi connectivity index (χ0) is 58.9. The van der Waals surface area contributed by atoms with Crippen LogP contribution in [-0.2, 0) is 23.8 Å². The molecular formula is C70H113NO10. The number of esters is 1. The largest absolute Gasteiger partial charge is 0.454 e. The molecule has 8 unspecified atom stereocenters. The second-order valence-corrected chi connectivity index (χ2v) is 21.2. The molecule has 0 aromatic heterocycles. The number of hydrogen-bond donors (Lipinski definition) is 6. The second-order valence-electron chi connectivity index (χ2n) is 21.2. The van der Waals surface area contributed by atoms with Gasteiger partial charge < -0.3 is 45.1 Å². The summed E-state index contributed by atoms with van der Waals surface area (Å²) in [4.78, 5) is 26.6. The van der Waals surface area contributed by atoms with Gasteiger partial charge in [0.05, 0.1) is 25.4 Å². The lowest BCUT2D eigenvalue weighted by molar-refractivity contribution is -0.305. The van der Waals surface area contributed by atoms with Crippen LogP contribution in [0.4, 0.5) is 0 Å². The third-order valence-corrected chi connectivity index (χ3v) is 13.9. The molecule has 1 amide bonds. The van der Waals surface area contributed by atoms with E-state index in [-0.39, 0.29) is 19.4 Å². The smallest absolute Gasteiger partial charge is 0.306 e. The van der Waals surface area contributed by atoms with Gasteiger partial charge in [0.25, 0.3) is 0 Å². The minimum absolute atomic E-state index is 0.0630. The van der Waals surface area contributed by atoms with Gasteiger partial charge in [-0.1, -0.05) is 269 Å². The fourth-order valence-electron chi connectivity index (χ4n) is 8.94. The molecule has 6 N–H and O–H groups in total. The molecule has 0 aliphatic carbocycles. The Morgan fingerprint density at radius 3 is 1.48 bits per heavy atom. The van der Waals surface area contributed by atoms with E-state index in [1.54, 1.807) is 6.08 Å².